The second-order valence-electron chi connectivity index (χ2n) is 5.64. The van der Waals surface area contributed by atoms with Gasteiger partial charge >= 0.3 is 0 Å². The average molecular weight is 312 g/mol. The van der Waals surface area contributed by atoms with E-state index >= 15 is 0 Å². The summed E-state index contributed by atoms with van der Waals surface area (Å²) in [5.41, 5.74) is 0.986. The minimum absolute atomic E-state index is 0.00221. The van der Waals surface area contributed by atoms with Gasteiger partial charge in [-0.15, -0.1) is 6.58 Å². The van der Waals surface area contributed by atoms with Crippen LogP contribution in [0, 0.1) is 0 Å². The molecule has 0 saturated carbocycles. The maximum Gasteiger partial charge on any atom is 0.204 e. The van der Waals surface area contributed by atoms with E-state index in [4.69, 9.17) is 4.42 Å². The highest BCUT2D eigenvalue weighted by molar-refractivity contribution is 5.97. The highest BCUT2D eigenvalue weighted by Crippen LogP contribution is 2.37. The summed E-state index contributed by atoms with van der Waals surface area (Å²) in [6, 6.07) is 5.59. The Morgan fingerprint density at radius 3 is 2.57 bits per heavy atom. The van der Waals surface area contributed by atoms with Gasteiger partial charge in [-0.1, -0.05) is 11.6 Å². The minimum Gasteiger partial charge on any atom is -0.507 e. The van der Waals surface area contributed by atoms with E-state index in [0.29, 0.717) is 18.4 Å². The molecule has 0 saturated heterocycles. The fourth-order valence-electron chi connectivity index (χ4n) is 2.63. The SMILES string of the molecule is C=C(C)CCc1c(O)cc(O)c2c(=O)c3cccc(O)c3oc12. The summed E-state index contributed by atoms with van der Waals surface area (Å²) < 4.78 is 5.68. The molecule has 0 unspecified atom stereocenters. The fraction of sp³-hybridized carbons (Fsp3) is 0.167. The van der Waals surface area contributed by atoms with E-state index in [1.165, 1.54) is 18.2 Å². The largest absolute Gasteiger partial charge is 0.507 e. The smallest absolute Gasteiger partial charge is 0.204 e. The van der Waals surface area contributed by atoms with Gasteiger partial charge in [0.2, 0.25) is 5.43 Å². The minimum atomic E-state index is -0.453. The van der Waals surface area contributed by atoms with Crippen LogP contribution in [-0.4, -0.2) is 15.3 Å². The van der Waals surface area contributed by atoms with Gasteiger partial charge in [-0.05, 0) is 31.9 Å². The van der Waals surface area contributed by atoms with E-state index in [9.17, 15) is 20.1 Å². The molecule has 0 bridgehead atoms. The Labute approximate surface area is 131 Å². The number of fused-ring (bicyclic) bond motifs is 2. The lowest BCUT2D eigenvalue weighted by Gasteiger charge is -2.11. The van der Waals surface area contributed by atoms with Crippen molar-refractivity contribution >= 4 is 21.9 Å². The second kappa shape index (κ2) is 5.35. The summed E-state index contributed by atoms with van der Waals surface area (Å²) in [6.07, 6.45) is 0.996. The lowest BCUT2D eigenvalue weighted by Crippen LogP contribution is -2.04. The molecule has 0 amide bonds. The third-order valence-electron chi connectivity index (χ3n) is 3.81. The van der Waals surface area contributed by atoms with Gasteiger partial charge in [0.1, 0.15) is 22.5 Å². The molecule has 3 aromatic rings. The summed E-state index contributed by atoms with van der Waals surface area (Å²) in [5.74, 6) is -0.681. The van der Waals surface area contributed by atoms with Crippen molar-refractivity contribution in [2.24, 2.45) is 0 Å². The van der Waals surface area contributed by atoms with Crippen LogP contribution >= 0.6 is 0 Å². The molecule has 118 valence electrons. The zero-order chi connectivity index (χ0) is 16.7. The first-order chi connectivity index (χ1) is 10.9. The molecule has 3 N–H and O–H groups in total. The third kappa shape index (κ3) is 2.40. The van der Waals surface area contributed by atoms with Crippen molar-refractivity contribution < 1.29 is 19.7 Å². The predicted octanol–water partition coefficient (Wildman–Crippen LogP) is 3.57. The lowest BCUT2D eigenvalue weighted by atomic mass is 10.0. The van der Waals surface area contributed by atoms with Crippen molar-refractivity contribution in [3.63, 3.8) is 0 Å². The van der Waals surface area contributed by atoms with Crippen LogP contribution < -0.4 is 5.43 Å². The Morgan fingerprint density at radius 2 is 1.87 bits per heavy atom. The zero-order valence-electron chi connectivity index (χ0n) is 12.6. The Kier molecular flexibility index (Phi) is 3.48. The number of phenols is 3. The molecule has 23 heavy (non-hydrogen) atoms. The first kappa shape index (κ1) is 15.0. The first-order valence-electron chi connectivity index (χ1n) is 7.17. The van der Waals surface area contributed by atoms with Crippen molar-refractivity contribution in [3.05, 3.63) is 52.2 Å². The molecular weight excluding hydrogens is 296 g/mol. The van der Waals surface area contributed by atoms with E-state index < -0.39 is 5.43 Å². The summed E-state index contributed by atoms with van der Waals surface area (Å²) in [5, 5.41) is 30.3. The summed E-state index contributed by atoms with van der Waals surface area (Å²) >= 11 is 0. The van der Waals surface area contributed by atoms with Gasteiger partial charge in [0.05, 0.1) is 5.39 Å². The molecule has 0 radical (unpaired) electrons. The van der Waals surface area contributed by atoms with Crippen LogP contribution in [0.2, 0.25) is 0 Å². The van der Waals surface area contributed by atoms with Crippen LogP contribution in [-0.2, 0) is 6.42 Å². The number of aryl methyl sites for hydroxylation is 1. The predicted molar refractivity (Wildman–Crippen MR) is 88.1 cm³/mol. The van der Waals surface area contributed by atoms with E-state index in [2.05, 4.69) is 6.58 Å². The first-order valence-corrected chi connectivity index (χ1v) is 7.17. The van der Waals surface area contributed by atoms with Gasteiger partial charge in [-0.25, -0.2) is 0 Å². The number of para-hydroxylation sites is 1. The van der Waals surface area contributed by atoms with Crippen molar-refractivity contribution in [3.8, 4) is 17.2 Å². The van der Waals surface area contributed by atoms with Crippen LogP contribution in [0.4, 0.5) is 0 Å². The molecule has 5 nitrogen and oxygen atoms in total. The molecule has 0 aliphatic heterocycles. The van der Waals surface area contributed by atoms with E-state index in [1.807, 2.05) is 6.92 Å². The van der Waals surface area contributed by atoms with E-state index in [1.54, 1.807) is 0 Å². The Balaban J connectivity index is 2.45. The molecule has 0 atom stereocenters. The maximum atomic E-state index is 12.6. The highest BCUT2D eigenvalue weighted by atomic mass is 16.4. The molecule has 0 aliphatic carbocycles. The van der Waals surface area contributed by atoms with E-state index in [-0.39, 0.29) is 39.2 Å². The van der Waals surface area contributed by atoms with Crippen molar-refractivity contribution in [1.29, 1.82) is 0 Å². The van der Waals surface area contributed by atoms with Gasteiger partial charge in [0, 0.05) is 11.6 Å². The number of benzene rings is 2. The number of phenolic OH excluding ortho intramolecular Hbond substituents is 3. The third-order valence-corrected chi connectivity index (χ3v) is 3.81. The zero-order valence-corrected chi connectivity index (χ0v) is 12.6. The van der Waals surface area contributed by atoms with Gasteiger partial charge in [-0.2, -0.15) is 0 Å². The molecule has 0 spiro atoms. The van der Waals surface area contributed by atoms with Crippen molar-refractivity contribution in [1.82, 2.24) is 0 Å². The van der Waals surface area contributed by atoms with Crippen molar-refractivity contribution in [2.75, 3.05) is 0 Å². The molecule has 0 aliphatic rings. The monoisotopic (exact) mass is 312 g/mol. The molecule has 3 rings (SSSR count). The van der Waals surface area contributed by atoms with Crippen molar-refractivity contribution in [2.45, 2.75) is 19.8 Å². The molecule has 5 heteroatoms. The Bertz CT molecular complexity index is 998. The van der Waals surface area contributed by atoms with Crippen LogP contribution in [0.3, 0.4) is 0 Å². The highest BCUT2D eigenvalue weighted by Gasteiger charge is 2.19. The van der Waals surface area contributed by atoms with Gasteiger partial charge in [-0.3, -0.25) is 4.79 Å². The Hall–Kier alpha value is -2.95. The van der Waals surface area contributed by atoms with Gasteiger partial charge < -0.3 is 19.7 Å². The number of aromatic hydroxyl groups is 3. The average Bonchev–Trinajstić information content (AvgIpc) is 2.47. The number of hydrogen-bond acceptors (Lipinski definition) is 5. The summed E-state index contributed by atoms with van der Waals surface area (Å²) in [4.78, 5) is 12.6. The van der Waals surface area contributed by atoms with E-state index in [0.717, 1.165) is 11.6 Å². The molecule has 1 heterocycles. The number of hydrogen-bond donors (Lipinski definition) is 3. The van der Waals surface area contributed by atoms with Crippen LogP contribution in [0.5, 0.6) is 17.2 Å². The number of allylic oxidation sites excluding steroid dienone is 1. The fourth-order valence-corrected chi connectivity index (χ4v) is 2.63. The van der Waals surface area contributed by atoms with Gasteiger partial charge in [0.15, 0.2) is 11.3 Å². The topological polar surface area (TPSA) is 90.9 Å². The summed E-state index contributed by atoms with van der Waals surface area (Å²) in [6.45, 7) is 5.67. The molecule has 0 fully saturated rings. The second-order valence-corrected chi connectivity index (χ2v) is 5.64. The van der Waals surface area contributed by atoms with Crippen LogP contribution in [0.1, 0.15) is 18.9 Å². The summed E-state index contributed by atoms with van der Waals surface area (Å²) in [7, 11) is 0. The normalized spacial score (nSPS) is 11.2. The molecule has 1 aromatic heterocycles. The quantitative estimate of drug-likeness (QED) is 0.508. The lowest BCUT2D eigenvalue weighted by molar-refractivity contribution is 0.445. The Morgan fingerprint density at radius 1 is 1.13 bits per heavy atom. The maximum absolute atomic E-state index is 12.6. The van der Waals surface area contributed by atoms with Crippen LogP contribution in [0.15, 0.2) is 45.6 Å². The molecular formula is C18H16O5. The molecule has 2 aromatic carbocycles. The number of rotatable bonds is 3. The standard InChI is InChI=1S/C18H16O5/c1-9(2)6-7-10-13(20)8-14(21)15-16(22)11-4-3-5-12(19)17(11)23-18(10)15/h3-5,8,19-21H,1,6-7H2,2H3. The van der Waals surface area contributed by atoms with Crippen LogP contribution in [0.25, 0.3) is 21.9 Å². The van der Waals surface area contributed by atoms with Gasteiger partial charge in [0.25, 0.3) is 0 Å².